The number of aliphatic hydroxyl groups excluding tert-OH is 1. The molecule has 2 aromatic rings. The third-order valence-corrected chi connectivity index (χ3v) is 11.6. The van der Waals surface area contributed by atoms with Crippen LogP contribution >= 0.6 is 0 Å². The molecule has 9 nitrogen and oxygen atoms in total. The summed E-state index contributed by atoms with van der Waals surface area (Å²) in [6.45, 7) is 16.0. The lowest BCUT2D eigenvalue weighted by Gasteiger charge is -2.62. The highest BCUT2D eigenvalue weighted by molar-refractivity contribution is 5.96. The number of hydroxylamine groups is 2. The molecular weight excluding hydrogens is 590 g/mol. The smallest absolute Gasteiger partial charge is 0.251 e. The SMILES string of the molecule is CNC(=O)c1cc(-c2cccc(CN3O[C@@H](CNC(C)C)[C@@H]([C@H](C)O)[C@H]3C(=O)N[C@H]3C[C@@H]4C[C@H]([C@@H]3C)C4(C)C)c2C)cc(N(C)C)c1. The van der Waals surface area contributed by atoms with Gasteiger partial charge in [-0.05, 0) is 90.3 Å². The van der Waals surface area contributed by atoms with E-state index in [1.54, 1.807) is 14.0 Å². The first-order chi connectivity index (χ1) is 22.1. The Morgan fingerprint density at radius 1 is 1.13 bits per heavy atom. The van der Waals surface area contributed by atoms with Gasteiger partial charge >= 0.3 is 0 Å². The van der Waals surface area contributed by atoms with Crippen molar-refractivity contribution in [1.82, 2.24) is 21.0 Å². The van der Waals surface area contributed by atoms with Crippen molar-refractivity contribution in [2.75, 3.05) is 32.6 Å². The van der Waals surface area contributed by atoms with Crippen LogP contribution in [0.3, 0.4) is 0 Å². The summed E-state index contributed by atoms with van der Waals surface area (Å²) in [5.41, 5.74) is 5.88. The maximum atomic E-state index is 14.3. The number of hydrogen-bond acceptors (Lipinski definition) is 7. The molecule has 1 aliphatic heterocycles. The van der Waals surface area contributed by atoms with E-state index in [-0.39, 0.29) is 30.0 Å². The summed E-state index contributed by atoms with van der Waals surface area (Å²) in [5.74, 6) is 1.03. The number of fused-ring (bicyclic) bond motifs is 2. The van der Waals surface area contributed by atoms with Crippen LogP contribution in [0.1, 0.15) is 75.9 Å². The first-order valence-electron chi connectivity index (χ1n) is 17.4. The van der Waals surface area contributed by atoms with E-state index in [4.69, 9.17) is 4.84 Å². The van der Waals surface area contributed by atoms with Gasteiger partial charge in [0.15, 0.2) is 0 Å². The molecule has 2 aromatic carbocycles. The van der Waals surface area contributed by atoms with Gasteiger partial charge in [-0.15, -0.1) is 0 Å². The fourth-order valence-corrected chi connectivity index (χ4v) is 8.49. The molecule has 2 bridgehead atoms. The summed E-state index contributed by atoms with van der Waals surface area (Å²) in [6, 6.07) is 11.8. The molecule has 258 valence electrons. The quantitative estimate of drug-likeness (QED) is 0.279. The highest BCUT2D eigenvalue weighted by atomic mass is 16.7. The summed E-state index contributed by atoms with van der Waals surface area (Å²) in [7, 11) is 5.57. The second kappa shape index (κ2) is 13.9. The van der Waals surface area contributed by atoms with Crippen molar-refractivity contribution >= 4 is 17.5 Å². The zero-order valence-corrected chi connectivity index (χ0v) is 30.1. The maximum absolute atomic E-state index is 14.3. The van der Waals surface area contributed by atoms with Crippen molar-refractivity contribution in [3.63, 3.8) is 0 Å². The number of carbonyl (C=O) groups excluding carboxylic acids is 2. The number of aliphatic hydroxyl groups is 1. The van der Waals surface area contributed by atoms with Crippen LogP contribution in [0.2, 0.25) is 0 Å². The van der Waals surface area contributed by atoms with Gasteiger partial charge in [0.2, 0.25) is 5.91 Å². The van der Waals surface area contributed by atoms with Gasteiger partial charge in [0.25, 0.3) is 5.91 Å². The van der Waals surface area contributed by atoms with E-state index < -0.39 is 18.1 Å². The van der Waals surface area contributed by atoms with E-state index in [1.165, 1.54) is 6.42 Å². The van der Waals surface area contributed by atoms with Gasteiger partial charge in [0, 0.05) is 56.9 Å². The van der Waals surface area contributed by atoms with E-state index in [0.29, 0.717) is 41.8 Å². The standard InChI is InChI=1S/C38H57N5O4/c1-21(2)40-19-33-34(24(5)44)35(37(46)41-32-18-28-17-31(23(32)4)38(28,6)7)43(47-33)20-25-12-11-13-30(22(25)3)26-14-27(36(45)39-8)16-29(15-26)42(9)10/h11-16,21,23-24,28,31-35,40,44H,17-20H2,1-10H3,(H,39,45)(H,41,46)/t23-,24-,28-,31+,32-,33-,34+,35-/m0/s1. The Bertz CT molecular complexity index is 1460. The van der Waals surface area contributed by atoms with Crippen LogP contribution in [-0.4, -0.2) is 80.0 Å². The van der Waals surface area contributed by atoms with E-state index >= 15 is 0 Å². The van der Waals surface area contributed by atoms with Crippen LogP contribution in [0, 0.1) is 36.0 Å². The van der Waals surface area contributed by atoms with Gasteiger partial charge in [-0.2, -0.15) is 5.06 Å². The van der Waals surface area contributed by atoms with Crippen LogP contribution in [0.5, 0.6) is 0 Å². The van der Waals surface area contributed by atoms with Crippen molar-refractivity contribution in [2.45, 2.75) is 98.2 Å². The predicted molar refractivity (Wildman–Crippen MR) is 188 cm³/mol. The van der Waals surface area contributed by atoms with Crippen LogP contribution in [0.15, 0.2) is 36.4 Å². The fraction of sp³-hybridized carbons (Fsp3) is 0.632. The molecule has 3 saturated carbocycles. The average Bonchev–Trinajstić information content (AvgIpc) is 3.39. The zero-order valence-electron chi connectivity index (χ0n) is 30.1. The molecule has 0 spiro atoms. The Kier molecular flexibility index (Phi) is 10.4. The second-order valence-corrected chi connectivity index (χ2v) is 15.4. The van der Waals surface area contributed by atoms with Gasteiger partial charge in [-0.3, -0.25) is 14.4 Å². The van der Waals surface area contributed by atoms with Crippen LogP contribution in [0.25, 0.3) is 11.1 Å². The highest BCUT2D eigenvalue weighted by Gasteiger charge is 2.57. The molecular formula is C38H57N5O4. The van der Waals surface area contributed by atoms with Gasteiger partial charge in [-0.1, -0.05) is 52.8 Å². The zero-order chi connectivity index (χ0) is 34.4. The molecule has 0 aromatic heterocycles. The number of anilines is 1. The fourth-order valence-electron chi connectivity index (χ4n) is 8.49. The summed E-state index contributed by atoms with van der Waals surface area (Å²) in [6.07, 6.45) is 1.14. The van der Waals surface area contributed by atoms with E-state index in [9.17, 15) is 14.7 Å². The third-order valence-electron chi connectivity index (χ3n) is 11.6. The van der Waals surface area contributed by atoms with Crippen LogP contribution in [0.4, 0.5) is 5.69 Å². The predicted octanol–water partition coefficient (Wildman–Crippen LogP) is 4.75. The van der Waals surface area contributed by atoms with Crippen molar-refractivity contribution in [3.05, 3.63) is 53.1 Å². The number of rotatable bonds is 11. The Morgan fingerprint density at radius 3 is 2.45 bits per heavy atom. The Balaban J connectivity index is 1.46. The molecule has 0 unspecified atom stereocenters. The molecule has 4 fully saturated rings. The summed E-state index contributed by atoms with van der Waals surface area (Å²) >= 11 is 0. The molecule has 0 radical (unpaired) electrons. The molecule has 47 heavy (non-hydrogen) atoms. The minimum absolute atomic E-state index is 0.0679. The number of nitrogens with zero attached hydrogens (tertiary/aromatic N) is 2. The minimum atomic E-state index is -0.741. The molecule has 1 heterocycles. The van der Waals surface area contributed by atoms with Crippen molar-refractivity contribution in [1.29, 1.82) is 0 Å². The van der Waals surface area contributed by atoms with Crippen molar-refractivity contribution < 1.29 is 19.5 Å². The first-order valence-corrected chi connectivity index (χ1v) is 17.4. The van der Waals surface area contributed by atoms with E-state index in [0.717, 1.165) is 34.4 Å². The van der Waals surface area contributed by atoms with Gasteiger partial charge < -0.3 is 26.0 Å². The van der Waals surface area contributed by atoms with E-state index in [1.807, 2.05) is 42.3 Å². The first kappa shape index (κ1) is 35.3. The lowest BCUT2D eigenvalue weighted by Crippen LogP contribution is -2.62. The Morgan fingerprint density at radius 2 is 1.85 bits per heavy atom. The Labute approximate surface area is 281 Å². The lowest BCUT2D eigenvalue weighted by molar-refractivity contribution is -0.176. The monoisotopic (exact) mass is 647 g/mol. The van der Waals surface area contributed by atoms with Crippen LogP contribution < -0.4 is 20.9 Å². The van der Waals surface area contributed by atoms with Gasteiger partial charge in [0.1, 0.15) is 6.04 Å². The normalized spacial score (nSPS) is 28.9. The molecule has 2 amide bonds. The number of carbonyl (C=O) groups is 2. The minimum Gasteiger partial charge on any atom is -0.393 e. The number of nitrogens with one attached hydrogen (secondary N) is 3. The summed E-state index contributed by atoms with van der Waals surface area (Å²) in [4.78, 5) is 35.6. The summed E-state index contributed by atoms with van der Waals surface area (Å²) in [5, 5.41) is 22.6. The molecule has 9 heteroatoms. The highest BCUT2D eigenvalue weighted by Crippen LogP contribution is 2.61. The third kappa shape index (κ3) is 6.95. The van der Waals surface area contributed by atoms with Crippen molar-refractivity contribution in [2.24, 2.45) is 29.1 Å². The Hall–Kier alpha value is -2.98. The number of benzene rings is 2. The molecule has 3 aliphatic carbocycles. The molecule has 8 atom stereocenters. The van der Waals surface area contributed by atoms with Crippen LogP contribution in [-0.2, 0) is 16.2 Å². The average molecular weight is 648 g/mol. The van der Waals surface area contributed by atoms with Gasteiger partial charge in [-0.25, -0.2) is 0 Å². The molecule has 4 N–H and O–H groups in total. The van der Waals surface area contributed by atoms with Crippen molar-refractivity contribution in [3.8, 4) is 11.1 Å². The maximum Gasteiger partial charge on any atom is 0.251 e. The number of amides is 2. The molecule has 6 rings (SSSR count). The lowest BCUT2D eigenvalue weighted by atomic mass is 9.45. The largest absolute Gasteiger partial charge is 0.393 e. The molecule has 1 saturated heterocycles. The number of hydrogen-bond donors (Lipinski definition) is 4. The molecule has 4 aliphatic rings. The van der Waals surface area contributed by atoms with Gasteiger partial charge in [0.05, 0.1) is 18.8 Å². The topological polar surface area (TPSA) is 106 Å². The van der Waals surface area contributed by atoms with E-state index in [2.05, 4.69) is 75.7 Å². The second-order valence-electron chi connectivity index (χ2n) is 15.4. The summed E-state index contributed by atoms with van der Waals surface area (Å²) < 4.78 is 0.